The van der Waals surface area contributed by atoms with Crippen molar-refractivity contribution >= 4 is 45.7 Å². The van der Waals surface area contributed by atoms with Crippen LogP contribution in [0, 0.1) is 11.6 Å². The second kappa shape index (κ2) is 10.9. The summed E-state index contributed by atoms with van der Waals surface area (Å²) >= 11 is 2.71. The van der Waals surface area contributed by atoms with Crippen molar-refractivity contribution in [3.05, 3.63) is 90.4 Å². The summed E-state index contributed by atoms with van der Waals surface area (Å²) in [5, 5.41) is 0.981. The number of ketones is 1. The number of rotatable bonds is 9. The van der Waals surface area contributed by atoms with Gasteiger partial charge in [-0.2, -0.15) is 0 Å². The molecule has 37 heavy (non-hydrogen) atoms. The van der Waals surface area contributed by atoms with Crippen LogP contribution in [0.2, 0.25) is 0 Å². The summed E-state index contributed by atoms with van der Waals surface area (Å²) in [6.45, 7) is 4.67. The van der Waals surface area contributed by atoms with Gasteiger partial charge in [-0.1, -0.05) is 19.4 Å². The average Bonchev–Trinajstić information content (AvgIpc) is 3.52. The monoisotopic (exact) mass is 533 g/mol. The van der Waals surface area contributed by atoms with Crippen LogP contribution in [0.5, 0.6) is 0 Å². The van der Waals surface area contributed by atoms with E-state index in [9.17, 15) is 13.6 Å². The lowest BCUT2D eigenvalue weighted by Crippen LogP contribution is -1.95. The molecule has 0 aliphatic rings. The summed E-state index contributed by atoms with van der Waals surface area (Å²) in [5.74, 6) is -1.15. The highest BCUT2D eigenvalue weighted by Crippen LogP contribution is 2.37. The molecule has 0 spiro atoms. The molecular formula is C29H25F2N3OS2. The van der Waals surface area contributed by atoms with Crippen LogP contribution in [0.4, 0.5) is 14.5 Å². The van der Waals surface area contributed by atoms with Gasteiger partial charge in [0.25, 0.3) is 0 Å². The number of nitrogens with zero attached hydrogens (tertiary/aromatic N) is 2. The summed E-state index contributed by atoms with van der Waals surface area (Å²) < 4.78 is 32.4. The maximum atomic E-state index is 13.9. The first-order valence-electron chi connectivity index (χ1n) is 12.0. The number of carbonyl (C=O) groups excluding carboxylic acids is 1. The van der Waals surface area contributed by atoms with Crippen molar-refractivity contribution in [3.8, 4) is 20.9 Å². The van der Waals surface area contributed by atoms with E-state index in [0.29, 0.717) is 10.6 Å². The Bertz CT molecular complexity index is 1590. The Kier molecular flexibility index (Phi) is 7.39. The SMILES string of the molecule is CCCCn1cc(C(C)=O)c2cc(-c3ccc(-c4cncc(NSc5ccc(F)cc5F)c4)s3)ccc21. The summed E-state index contributed by atoms with van der Waals surface area (Å²) in [4.78, 5) is 19.1. The number of nitrogens with one attached hydrogen (secondary N) is 1. The molecule has 5 rings (SSSR count). The van der Waals surface area contributed by atoms with Crippen LogP contribution in [0.3, 0.4) is 0 Å². The number of thiophene rings is 1. The molecule has 0 saturated carbocycles. The fourth-order valence-corrected chi connectivity index (χ4v) is 5.81. The van der Waals surface area contributed by atoms with Gasteiger partial charge in [-0.15, -0.1) is 11.3 Å². The van der Waals surface area contributed by atoms with Gasteiger partial charge in [0.05, 0.1) is 16.8 Å². The van der Waals surface area contributed by atoms with Gasteiger partial charge in [0.2, 0.25) is 0 Å². The zero-order valence-corrected chi connectivity index (χ0v) is 22.1. The molecule has 0 bridgehead atoms. The van der Waals surface area contributed by atoms with Gasteiger partial charge >= 0.3 is 0 Å². The minimum atomic E-state index is -0.616. The molecule has 0 atom stereocenters. The number of hydrogen-bond donors (Lipinski definition) is 1. The smallest absolute Gasteiger partial charge is 0.161 e. The van der Waals surface area contributed by atoms with Gasteiger partial charge < -0.3 is 9.29 Å². The van der Waals surface area contributed by atoms with Crippen LogP contribution in [0.15, 0.2) is 78.1 Å². The molecule has 188 valence electrons. The van der Waals surface area contributed by atoms with Crippen LogP contribution in [-0.2, 0) is 6.54 Å². The van der Waals surface area contributed by atoms with Crippen molar-refractivity contribution < 1.29 is 13.6 Å². The van der Waals surface area contributed by atoms with Crippen molar-refractivity contribution in [3.63, 3.8) is 0 Å². The number of benzene rings is 2. The van der Waals surface area contributed by atoms with Gasteiger partial charge in [0, 0.05) is 56.8 Å². The third kappa shape index (κ3) is 5.45. The van der Waals surface area contributed by atoms with Crippen LogP contribution >= 0.6 is 23.3 Å². The van der Waals surface area contributed by atoms with Crippen LogP contribution in [0.1, 0.15) is 37.0 Å². The molecule has 1 N–H and O–H groups in total. The third-order valence-corrected chi connectivity index (χ3v) is 8.17. The number of halogens is 2. The predicted molar refractivity (Wildman–Crippen MR) is 149 cm³/mol. The molecule has 3 heterocycles. The van der Waals surface area contributed by atoms with E-state index in [1.165, 1.54) is 12.1 Å². The van der Waals surface area contributed by atoms with Crippen LogP contribution < -0.4 is 4.72 Å². The number of aryl methyl sites for hydroxylation is 1. The van der Waals surface area contributed by atoms with E-state index < -0.39 is 11.6 Å². The highest BCUT2D eigenvalue weighted by atomic mass is 32.2. The lowest BCUT2D eigenvalue weighted by atomic mass is 10.1. The largest absolute Gasteiger partial charge is 0.347 e. The molecule has 5 aromatic rings. The van der Waals surface area contributed by atoms with Crippen molar-refractivity contribution in [2.45, 2.75) is 38.1 Å². The first-order valence-corrected chi connectivity index (χ1v) is 13.6. The molecule has 0 aliphatic carbocycles. The average molecular weight is 534 g/mol. The number of unbranched alkanes of at least 4 members (excludes halogenated alkanes) is 1. The summed E-state index contributed by atoms with van der Waals surface area (Å²) in [6, 6.07) is 15.9. The molecular weight excluding hydrogens is 508 g/mol. The highest BCUT2D eigenvalue weighted by Gasteiger charge is 2.14. The minimum absolute atomic E-state index is 0.0676. The van der Waals surface area contributed by atoms with E-state index in [-0.39, 0.29) is 5.78 Å². The zero-order chi connectivity index (χ0) is 25.9. The summed E-state index contributed by atoms with van der Waals surface area (Å²) in [6.07, 6.45) is 7.59. The van der Waals surface area contributed by atoms with Crippen molar-refractivity contribution in [1.29, 1.82) is 0 Å². The van der Waals surface area contributed by atoms with E-state index >= 15 is 0 Å². The van der Waals surface area contributed by atoms with Gasteiger partial charge in [-0.3, -0.25) is 9.78 Å². The van der Waals surface area contributed by atoms with E-state index in [2.05, 4.69) is 51.5 Å². The minimum Gasteiger partial charge on any atom is -0.347 e. The molecule has 0 aliphatic heterocycles. The van der Waals surface area contributed by atoms with Gasteiger partial charge in [0.15, 0.2) is 5.78 Å². The van der Waals surface area contributed by atoms with E-state index in [1.807, 2.05) is 12.3 Å². The molecule has 0 saturated heterocycles. The molecule has 4 nitrogen and oxygen atoms in total. The molecule has 0 fully saturated rings. The van der Waals surface area contributed by atoms with Crippen LogP contribution in [0.25, 0.3) is 31.8 Å². The van der Waals surface area contributed by atoms with Crippen molar-refractivity contribution in [1.82, 2.24) is 9.55 Å². The quantitative estimate of drug-likeness (QED) is 0.152. The second-order valence-electron chi connectivity index (χ2n) is 8.78. The Morgan fingerprint density at radius 3 is 2.59 bits per heavy atom. The molecule has 0 unspecified atom stereocenters. The highest BCUT2D eigenvalue weighted by molar-refractivity contribution is 8.00. The third-order valence-electron chi connectivity index (χ3n) is 6.10. The topological polar surface area (TPSA) is 46.9 Å². The van der Waals surface area contributed by atoms with E-state index in [1.54, 1.807) is 30.7 Å². The fraction of sp³-hybridized carbons (Fsp3) is 0.172. The lowest BCUT2D eigenvalue weighted by molar-refractivity contribution is 0.101. The predicted octanol–water partition coefficient (Wildman–Crippen LogP) is 8.83. The van der Waals surface area contributed by atoms with E-state index in [4.69, 9.17) is 0 Å². The Hall–Kier alpha value is -3.49. The number of carbonyl (C=O) groups is 1. The first-order chi connectivity index (χ1) is 17.9. The fourth-order valence-electron chi connectivity index (χ4n) is 4.19. The Morgan fingerprint density at radius 1 is 1.03 bits per heavy atom. The lowest BCUT2D eigenvalue weighted by Gasteiger charge is -2.07. The number of anilines is 1. The van der Waals surface area contributed by atoms with Gasteiger partial charge in [-0.25, -0.2) is 8.78 Å². The standard InChI is InChI=1S/C29H25F2N3OS2/c1-3-4-11-34-17-24(18(2)35)23-13-19(5-7-26(23)34)27-9-10-28(36-27)20-12-22(16-32-15-20)33-37-29-8-6-21(30)14-25(29)31/h5-10,12-17,33H,3-4,11H2,1-2H3. The number of fused-ring (bicyclic) bond motifs is 1. The number of Topliss-reactive ketones (excluding diaryl/α,β-unsaturated/α-hetero) is 1. The Morgan fingerprint density at radius 2 is 1.84 bits per heavy atom. The van der Waals surface area contributed by atoms with Gasteiger partial charge in [-0.05, 0) is 73.3 Å². The second-order valence-corrected chi connectivity index (χ2v) is 10.7. The maximum Gasteiger partial charge on any atom is 0.161 e. The Labute approximate surface area is 222 Å². The first kappa shape index (κ1) is 25.2. The van der Waals surface area contributed by atoms with Crippen LogP contribution in [-0.4, -0.2) is 15.3 Å². The number of hydrogen-bond acceptors (Lipinski definition) is 5. The van der Waals surface area contributed by atoms with E-state index in [0.717, 1.165) is 74.7 Å². The number of aromatic nitrogens is 2. The summed E-state index contributed by atoms with van der Waals surface area (Å²) in [7, 11) is 0. The zero-order valence-electron chi connectivity index (χ0n) is 20.4. The Balaban J connectivity index is 1.39. The van der Waals surface area contributed by atoms with Crippen molar-refractivity contribution in [2.75, 3.05) is 4.72 Å². The molecule has 2 aromatic carbocycles. The van der Waals surface area contributed by atoms with Crippen molar-refractivity contribution in [2.24, 2.45) is 0 Å². The molecule has 3 aromatic heterocycles. The maximum absolute atomic E-state index is 13.9. The molecule has 0 radical (unpaired) electrons. The molecule has 8 heteroatoms. The summed E-state index contributed by atoms with van der Waals surface area (Å²) in [5.41, 5.74) is 4.53. The molecule has 0 amide bonds. The number of pyridine rings is 1. The normalized spacial score (nSPS) is 11.2. The van der Waals surface area contributed by atoms with Gasteiger partial charge in [0.1, 0.15) is 11.6 Å².